The molecule has 0 fully saturated rings. The van der Waals surface area contributed by atoms with Crippen LogP contribution in [-0.2, 0) is 11.3 Å². The van der Waals surface area contributed by atoms with E-state index in [1.165, 1.54) is 21.9 Å². The van der Waals surface area contributed by atoms with Crippen molar-refractivity contribution in [2.75, 3.05) is 6.54 Å². The van der Waals surface area contributed by atoms with E-state index in [0.29, 0.717) is 17.2 Å². The number of fused-ring (bicyclic) bond motifs is 1. The third kappa shape index (κ3) is 3.20. The average Bonchev–Trinajstić information content (AvgIpc) is 2.74. The highest BCUT2D eigenvalue weighted by atomic mass is 32.1. The minimum absolute atomic E-state index is 0.104. The second kappa shape index (κ2) is 5.29. The molecule has 0 aromatic carbocycles. The monoisotopic (exact) mass is 296 g/mol. The Kier molecular flexibility index (Phi) is 3.87. The zero-order chi connectivity index (χ0) is 14.9. The van der Waals surface area contributed by atoms with Gasteiger partial charge >= 0.3 is 5.97 Å². The molecule has 0 saturated heterocycles. The van der Waals surface area contributed by atoms with Gasteiger partial charge in [0.2, 0.25) is 4.96 Å². The molecule has 0 unspecified atom stereocenters. The first-order chi connectivity index (χ1) is 9.27. The number of hydrogen-bond acceptors (Lipinski definition) is 6. The fraction of sp³-hybridized carbons (Fsp3) is 0.500. The summed E-state index contributed by atoms with van der Waals surface area (Å²) in [7, 11) is 0. The van der Waals surface area contributed by atoms with E-state index in [1.54, 1.807) is 10.4 Å². The van der Waals surface area contributed by atoms with Crippen LogP contribution in [0.4, 0.5) is 0 Å². The van der Waals surface area contributed by atoms with Crippen molar-refractivity contribution in [3.63, 3.8) is 0 Å². The molecule has 2 heterocycles. The molecular weight excluding hydrogens is 280 g/mol. The smallest absolute Gasteiger partial charge is 0.317 e. The van der Waals surface area contributed by atoms with Crippen LogP contribution in [-0.4, -0.2) is 42.7 Å². The summed E-state index contributed by atoms with van der Waals surface area (Å²) in [5.74, 6) is -0.907. The second-order valence-corrected chi connectivity index (χ2v) is 6.25. The summed E-state index contributed by atoms with van der Waals surface area (Å²) in [6.45, 7) is 5.97. The summed E-state index contributed by atoms with van der Waals surface area (Å²) in [5.41, 5.74) is 1.51. The summed E-state index contributed by atoms with van der Waals surface area (Å²) >= 11 is 1.27. The van der Waals surface area contributed by atoms with E-state index in [4.69, 9.17) is 5.11 Å². The Morgan fingerprint density at radius 1 is 1.50 bits per heavy atom. The molecule has 2 aromatic rings. The first-order valence-corrected chi connectivity index (χ1v) is 6.94. The molecule has 0 atom stereocenters. The van der Waals surface area contributed by atoms with Gasteiger partial charge in [-0.05, 0) is 20.8 Å². The van der Waals surface area contributed by atoms with E-state index in [-0.39, 0.29) is 17.6 Å². The summed E-state index contributed by atoms with van der Waals surface area (Å²) in [6, 6.07) is 1.40. The van der Waals surface area contributed by atoms with E-state index in [2.05, 4.69) is 10.1 Å². The lowest BCUT2D eigenvalue weighted by Crippen LogP contribution is -2.44. The number of aromatic nitrogens is 3. The summed E-state index contributed by atoms with van der Waals surface area (Å²) < 4.78 is 1.23. The van der Waals surface area contributed by atoms with Gasteiger partial charge in [0.05, 0.1) is 12.2 Å². The molecular formula is C12H16N4O3S. The van der Waals surface area contributed by atoms with Gasteiger partial charge in [0.25, 0.3) is 5.56 Å². The maximum atomic E-state index is 11.8. The van der Waals surface area contributed by atoms with Crippen molar-refractivity contribution >= 4 is 22.3 Å². The third-order valence-corrected chi connectivity index (χ3v) is 3.54. The Labute approximate surface area is 119 Å². The Morgan fingerprint density at radius 3 is 2.80 bits per heavy atom. The van der Waals surface area contributed by atoms with Crippen LogP contribution in [0.5, 0.6) is 0 Å². The normalized spacial score (nSPS) is 12.2. The van der Waals surface area contributed by atoms with E-state index in [9.17, 15) is 9.59 Å². The average molecular weight is 296 g/mol. The summed E-state index contributed by atoms with van der Waals surface area (Å²) in [5, 5.41) is 12.9. The van der Waals surface area contributed by atoms with Crippen LogP contribution in [0.1, 0.15) is 26.5 Å². The van der Waals surface area contributed by atoms with Gasteiger partial charge in [-0.3, -0.25) is 14.5 Å². The Bertz CT molecular complexity index is 686. The van der Waals surface area contributed by atoms with E-state index < -0.39 is 5.97 Å². The lowest BCUT2D eigenvalue weighted by atomic mass is 10.1. The van der Waals surface area contributed by atoms with Crippen molar-refractivity contribution < 1.29 is 9.90 Å². The van der Waals surface area contributed by atoms with Gasteiger partial charge in [-0.2, -0.15) is 9.61 Å². The van der Waals surface area contributed by atoms with Crippen molar-refractivity contribution in [1.82, 2.24) is 19.5 Å². The third-order valence-electron chi connectivity index (χ3n) is 2.87. The fourth-order valence-corrected chi connectivity index (χ4v) is 2.41. The van der Waals surface area contributed by atoms with E-state index >= 15 is 0 Å². The largest absolute Gasteiger partial charge is 0.480 e. The number of nitrogens with zero attached hydrogens (tertiary/aromatic N) is 4. The molecule has 8 heteroatoms. The molecule has 108 valence electrons. The highest BCUT2D eigenvalue weighted by Gasteiger charge is 2.24. The van der Waals surface area contributed by atoms with E-state index in [0.717, 1.165) is 0 Å². The van der Waals surface area contributed by atoms with Gasteiger partial charge in [0.15, 0.2) is 0 Å². The second-order valence-electron chi connectivity index (χ2n) is 5.44. The molecule has 7 nitrogen and oxygen atoms in total. The quantitative estimate of drug-likeness (QED) is 0.899. The highest BCUT2D eigenvalue weighted by Crippen LogP contribution is 2.16. The lowest BCUT2D eigenvalue weighted by molar-refractivity contribution is -0.139. The predicted molar refractivity (Wildman–Crippen MR) is 74.9 cm³/mol. The van der Waals surface area contributed by atoms with Crippen molar-refractivity contribution in [1.29, 1.82) is 0 Å². The van der Waals surface area contributed by atoms with Gasteiger partial charge < -0.3 is 5.11 Å². The predicted octanol–water partition coefficient (Wildman–Crippen LogP) is 0.836. The molecule has 1 N–H and O–H groups in total. The van der Waals surface area contributed by atoms with E-state index in [1.807, 2.05) is 20.8 Å². The number of carboxylic acid groups (broad SMARTS) is 1. The fourth-order valence-electron chi connectivity index (χ4n) is 1.77. The lowest BCUT2D eigenvalue weighted by Gasteiger charge is -2.33. The maximum Gasteiger partial charge on any atom is 0.317 e. The number of rotatable bonds is 4. The van der Waals surface area contributed by atoms with Gasteiger partial charge in [-0.25, -0.2) is 4.98 Å². The number of carbonyl (C=O) groups is 1. The van der Waals surface area contributed by atoms with Crippen LogP contribution in [0, 0.1) is 0 Å². The molecule has 2 rings (SSSR count). The minimum atomic E-state index is -0.907. The summed E-state index contributed by atoms with van der Waals surface area (Å²) in [4.78, 5) is 29.4. The maximum absolute atomic E-state index is 11.8. The first-order valence-electron chi connectivity index (χ1n) is 6.06. The first kappa shape index (κ1) is 14.6. The van der Waals surface area contributed by atoms with Crippen LogP contribution >= 0.6 is 11.3 Å². The molecule has 0 aliphatic carbocycles. The van der Waals surface area contributed by atoms with Crippen LogP contribution in [0.3, 0.4) is 0 Å². The molecule has 0 aliphatic rings. The molecule has 0 amide bonds. The van der Waals surface area contributed by atoms with Crippen LogP contribution in [0.15, 0.2) is 16.4 Å². The van der Waals surface area contributed by atoms with Crippen LogP contribution in [0.25, 0.3) is 4.96 Å². The van der Waals surface area contributed by atoms with Crippen LogP contribution < -0.4 is 5.56 Å². The number of aliphatic carboxylic acids is 1. The zero-order valence-electron chi connectivity index (χ0n) is 11.5. The van der Waals surface area contributed by atoms with Gasteiger partial charge in [0, 0.05) is 18.2 Å². The van der Waals surface area contributed by atoms with Gasteiger partial charge in [-0.1, -0.05) is 11.3 Å². The Balaban J connectivity index is 2.32. The van der Waals surface area contributed by atoms with Crippen LogP contribution in [0.2, 0.25) is 0 Å². The van der Waals surface area contributed by atoms with Gasteiger partial charge in [0.1, 0.15) is 5.51 Å². The number of carboxylic acids is 1. The molecule has 0 bridgehead atoms. The van der Waals surface area contributed by atoms with Gasteiger partial charge in [-0.15, -0.1) is 0 Å². The molecule has 0 radical (unpaired) electrons. The molecule has 0 aliphatic heterocycles. The standard InChI is InChI=1S/C12H16N4O3S/c1-12(2,3)15(6-10(18)19)5-8-4-9(17)16-11(14-8)20-7-13-16/h4,7H,5-6H2,1-3H3,(H,18,19). The minimum Gasteiger partial charge on any atom is -0.480 e. The Morgan fingerprint density at radius 2 is 2.20 bits per heavy atom. The van der Waals surface area contributed by atoms with Crippen molar-refractivity contribution in [2.24, 2.45) is 0 Å². The van der Waals surface area contributed by atoms with Crippen molar-refractivity contribution in [3.05, 3.63) is 27.6 Å². The van der Waals surface area contributed by atoms with Crippen molar-refractivity contribution in [3.8, 4) is 0 Å². The zero-order valence-corrected chi connectivity index (χ0v) is 12.3. The van der Waals surface area contributed by atoms with Crippen molar-refractivity contribution in [2.45, 2.75) is 32.9 Å². The summed E-state index contributed by atoms with van der Waals surface area (Å²) in [6.07, 6.45) is 0. The topological polar surface area (TPSA) is 87.8 Å². The number of hydrogen-bond donors (Lipinski definition) is 1. The highest BCUT2D eigenvalue weighted by molar-refractivity contribution is 7.14. The molecule has 2 aromatic heterocycles. The SMILES string of the molecule is CC(C)(C)N(CC(=O)O)Cc1cc(=O)n2ncsc2n1. The molecule has 20 heavy (non-hydrogen) atoms. The Hall–Kier alpha value is -1.80. The molecule has 0 spiro atoms. The molecule has 0 saturated carbocycles.